The van der Waals surface area contributed by atoms with Gasteiger partial charge in [-0.15, -0.1) is 0 Å². The van der Waals surface area contributed by atoms with Gasteiger partial charge in [0.2, 0.25) is 10.0 Å². The first-order chi connectivity index (χ1) is 12.3. The Balaban J connectivity index is 1.67. The van der Waals surface area contributed by atoms with Crippen LogP contribution in [0.3, 0.4) is 0 Å². The van der Waals surface area contributed by atoms with Crippen LogP contribution < -0.4 is 9.46 Å². The Kier molecular flexibility index (Phi) is 4.94. The van der Waals surface area contributed by atoms with Crippen molar-refractivity contribution >= 4 is 33.4 Å². The smallest absolute Gasteiger partial charge is 0.280 e. The van der Waals surface area contributed by atoms with E-state index in [1.165, 1.54) is 37.6 Å². The van der Waals surface area contributed by atoms with E-state index in [4.69, 9.17) is 16.3 Å². The number of nitrogens with one attached hydrogen (secondary N) is 1. The van der Waals surface area contributed by atoms with E-state index in [9.17, 15) is 18.0 Å². The summed E-state index contributed by atoms with van der Waals surface area (Å²) in [6.07, 6.45) is 1.42. The summed E-state index contributed by atoms with van der Waals surface area (Å²) in [7, 11) is -2.44. The van der Waals surface area contributed by atoms with E-state index in [0.29, 0.717) is 5.75 Å². The van der Waals surface area contributed by atoms with E-state index < -0.39 is 21.8 Å². The second-order valence-corrected chi connectivity index (χ2v) is 7.53. The lowest BCUT2D eigenvalue weighted by atomic mass is 10.2. The molecular formula is C16H14ClN3O5S. The summed E-state index contributed by atoms with van der Waals surface area (Å²) < 4.78 is 32.0. The maximum atomic E-state index is 12.3. The fourth-order valence-electron chi connectivity index (χ4n) is 2.51. The molecule has 26 heavy (non-hydrogen) atoms. The first-order valence-corrected chi connectivity index (χ1v) is 9.35. The lowest BCUT2D eigenvalue weighted by Gasteiger charge is -2.14. The third kappa shape index (κ3) is 3.28. The van der Waals surface area contributed by atoms with Crippen LogP contribution in [-0.2, 0) is 10.0 Å². The minimum atomic E-state index is -3.86. The molecule has 1 aromatic carbocycles. The highest BCUT2D eigenvalue weighted by Crippen LogP contribution is 2.26. The van der Waals surface area contributed by atoms with Gasteiger partial charge in [0.05, 0.1) is 22.6 Å². The number of hydrogen-bond acceptors (Lipinski definition) is 6. The highest BCUT2D eigenvalue weighted by atomic mass is 35.5. The summed E-state index contributed by atoms with van der Waals surface area (Å²) in [5, 5.41) is 0.154. The number of hydrogen-bond donors (Lipinski definition) is 1. The van der Waals surface area contributed by atoms with Gasteiger partial charge in [0, 0.05) is 19.3 Å². The van der Waals surface area contributed by atoms with E-state index >= 15 is 0 Å². The number of sulfonamides is 1. The standard InChI is InChI=1S/C16H14ClN3O5S/c1-25-13-5-4-10(9-12(13)17)26(23,24)19-7-8-20-15(21)11-3-2-6-18-14(11)16(20)22/h2-6,9,19H,7-8H2,1H3. The fourth-order valence-corrected chi connectivity index (χ4v) is 3.88. The lowest BCUT2D eigenvalue weighted by molar-refractivity contribution is 0.0655. The van der Waals surface area contributed by atoms with Crippen molar-refractivity contribution in [2.75, 3.05) is 20.2 Å². The molecule has 1 aliphatic heterocycles. The molecule has 136 valence electrons. The summed E-state index contributed by atoms with van der Waals surface area (Å²) in [4.78, 5) is 29.2. The van der Waals surface area contributed by atoms with Crippen molar-refractivity contribution in [3.8, 4) is 5.75 Å². The van der Waals surface area contributed by atoms with Crippen molar-refractivity contribution in [1.29, 1.82) is 0 Å². The number of carbonyl (C=O) groups is 2. The van der Waals surface area contributed by atoms with Gasteiger partial charge < -0.3 is 4.74 Å². The molecule has 2 heterocycles. The van der Waals surface area contributed by atoms with Crippen LogP contribution in [0.4, 0.5) is 0 Å². The molecule has 10 heteroatoms. The third-order valence-corrected chi connectivity index (χ3v) is 5.55. The summed E-state index contributed by atoms with van der Waals surface area (Å²) in [6.45, 7) is -0.255. The topological polar surface area (TPSA) is 106 Å². The van der Waals surface area contributed by atoms with Gasteiger partial charge in [0.1, 0.15) is 11.4 Å². The molecule has 0 fully saturated rings. The van der Waals surface area contributed by atoms with Crippen molar-refractivity contribution in [2.24, 2.45) is 0 Å². The average Bonchev–Trinajstić information content (AvgIpc) is 2.87. The Hall–Kier alpha value is -2.49. The summed E-state index contributed by atoms with van der Waals surface area (Å²) in [6, 6.07) is 7.11. The molecule has 2 aromatic rings. The maximum Gasteiger partial charge on any atom is 0.280 e. The molecule has 8 nitrogen and oxygen atoms in total. The molecule has 3 rings (SSSR count). The highest BCUT2D eigenvalue weighted by molar-refractivity contribution is 7.89. The maximum absolute atomic E-state index is 12.3. The largest absolute Gasteiger partial charge is 0.495 e. The molecule has 1 N–H and O–H groups in total. The normalized spacial score (nSPS) is 13.8. The molecule has 0 unspecified atom stereocenters. The summed E-state index contributed by atoms with van der Waals surface area (Å²) in [5.74, 6) is -0.689. The number of nitrogens with zero attached hydrogens (tertiary/aromatic N) is 2. The van der Waals surface area contributed by atoms with Crippen molar-refractivity contribution in [2.45, 2.75) is 4.90 Å². The van der Waals surface area contributed by atoms with Gasteiger partial charge in [-0.05, 0) is 30.3 Å². The Morgan fingerprint density at radius 1 is 1.23 bits per heavy atom. The number of rotatable bonds is 6. The molecular weight excluding hydrogens is 382 g/mol. The Morgan fingerprint density at radius 2 is 2.00 bits per heavy atom. The summed E-state index contributed by atoms with van der Waals surface area (Å²) in [5.41, 5.74) is 0.282. The van der Waals surface area contributed by atoms with Crippen molar-refractivity contribution < 1.29 is 22.7 Å². The van der Waals surface area contributed by atoms with Crippen molar-refractivity contribution in [3.63, 3.8) is 0 Å². The third-order valence-electron chi connectivity index (χ3n) is 3.79. The molecule has 0 saturated carbocycles. The Bertz CT molecular complexity index is 958. The number of benzene rings is 1. The molecule has 2 amide bonds. The molecule has 0 atom stereocenters. The fraction of sp³-hybridized carbons (Fsp3) is 0.188. The number of methoxy groups -OCH3 is 1. The van der Waals surface area contributed by atoms with Crippen molar-refractivity contribution in [1.82, 2.24) is 14.6 Å². The van der Waals surface area contributed by atoms with Gasteiger partial charge >= 0.3 is 0 Å². The first kappa shape index (κ1) is 18.3. The average molecular weight is 396 g/mol. The van der Waals surface area contributed by atoms with E-state index in [1.807, 2.05) is 0 Å². The first-order valence-electron chi connectivity index (χ1n) is 7.49. The second kappa shape index (κ2) is 7.02. The lowest BCUT2D eigenvalue weighted by Crippen LogP contribution is -2.38. The Labute approximate surface area is 154 Å². The predicted octanol–water partition coefficient (Wildman–Crippen LogP) is 1.32. The number of fused-ring (bicyclic) bond motifs is 1. The van der Waals surface area contributed by atoms with Crippen LogP contribution in [0.25, 0.3) is 0 Å². The molecule has 1 aliphatic rings. The molecule has 0 saturated heterocycles. The van der Waals surface area contributed by atoms with Gasteiger partial charge in [0.15, 0.2) is 0 Å². The minimum Gasteiger partial charge on any atom is -0.495 e. The van der Waals surface area contributed by atoms with E-state index in [1.54, 1.807) is 6.07 Å². The van der Waals surface area contributed by atoms with Gasteiger partial charge in [-0.2, -0.15) is 0 Å². The van der Waals surface area contributed by atoms with E-state index in [0.717, 1.165) is 4.90 Å². The van der Waals surface area contributed by atoms with Crippen LogP contribution in [0.15, 0.2) is 41.4 Å². The number of aromatic nitrogens is 1. The number of carbonyl (C=O) groups excluding carboxylic acids is 2. The minimum absolute atomic E-state index is 0.0488. The molecule has 1 aromatic heterocycles. The molecule has 0 spiro atoms. The van der Waals surface area contributed by atoms with Gasteiger partial charge in [-0.25, -0.2) is 13.1 Å². The monoisotopic (exact) mass is 395 g/mol. The van der Waals surface area contributed by atoms with Crippen LogP contribution in [0.2, 0.25) is 5.02 Å². The van der Waals surface area contributed by atoms with Crippen LogP contribution in [0.1, 0.15) is 20.8 Å². The molecule has 0 bridgehead atoms. The quantitative estimate of drug-likeness (QED) is 0.739. The summed E-state index contributed by atoms with van der Waals surface area (Å²) >= 11 is 5.94. The van der Waals surface area contributed by atoms with E-state index in [2.05, 4.69) is 9.71 Å². The molecule has 0 radical (unpaired) electrons. The van der Waals surface area contributed by atoms with Crippen LogP contribution in [0.5, 0.6) is 5.75 Å². The zero-order chi connectivity index (χ0) is 18.9. The van der Waals surface area contributed by atoms with Gasteiger partial charge in [-0.3, -0.25) is 19.5 Å². The zero-order valence-corrected chi connectivity index (χ0v) is 15.2. The highest BCUT2D eigenvalue weighted by Gasteiger charge is 2.36. The van der Waals surface area contributed by atoms with Crippen molar-refractivity contribution in [3.05, 3.63) is 52.8 Å². The van der Waals surface area contributed by atoms with Crippen LogP contribution in [0, 0.1) is 0 Å². The number of ether oxygens (including phenoxy) is 1. The van der Waals surface area contributed by atoms with Crippen LogP contribution >= 0.6 is 11.6 Å². The number of pyridine rings is 1. The predicted molar refractivity (Wildman–Crippen MR) is 92.8 cm³/mol. The molecule has 0 aliphatic carbocycles. The van der Waals surface area contributed by atoms with Gasteiger partial charge in [-0.1, -0.05) is 11.6 Å². The number of amides is 2. The second-order valence-electron chi connectivity index (χ2n) is 5.36. The van der Waals surface area contributed by atoms with Crippen LogP contribution in [-0.4, -0.2) is 50.3 Å². The SMILES string of the molecule is COc1ccc(S(=O)(=O)NCCN2C(=O)c3cccnc3C2=O)cc1Cl. The number of halogens is 1. The zero-order valence-electron chi connectivity index (χ0n) is 13.6. The number of imide groups is 1. The Morgan fingerprint density at radius 3 is 2.65 bits per heavy atom. The van der Waals surface area contributed by atoms with E-state index in [-0.39, 0.29) is 34.3 Å². The van der Waals surface area contributed by atoms with Gasteiger partial charge in [0.25, 0.3) is 11.8 Å².